The van der Waals surface area contributed by atoms with Crippen LogP contribution in [0.5, 0.6) is 0 Å². The minimum atomic E-state index is -1.14. The zero-order chi connectivity index (χ0) is 23.4. The highest BCUT2D eigenvalue weighted by atomic mass is 32.2. The van der Waals surface area contributed by atoms with E-state index in [0.29, 0.717) is 18.6 Å². The number of thiol groups is 1. The molecule has 0 fully saturated rings. The Morgan fingerprint density at radius 2 is 1.53 bits per heavy atom. The van der Waals surface area contributed by atoms with Gasteiger partial charge in [0.1, 0.15) is 18.1 Å². The quantitative estimate of drug-likeness (QED) is 0.202. The molecule has 174 valence electrons. The number of carbonyl (C=O) groups excluding carboxylic acids is 3. The summed E-state index contributed by atoms with van der Waals surface area (Å²) in [7, 11) is 0. The molecular weight excluding hydrogens is 428 g/mol. The van der Waals surface area contributed by atoms with E-state index >= 15 is 0 Å². The third-order valence-corrected chi connectivity index (χ3v) is 5.87. The third kappa shape index (κ3) is 9.57. The average molecular weight is 465 g/mol. The number of nitrogens with one attached hydrogen (secondary N) is 3. The molecule has 0 saturated carbocycles. The molecule has 0 saturated heterocycles. The number of nitrogens with two attached hydrogens (primary N) is 1. The van der Waals surface area contributed by atoms with Crippen LogP contribution in [-0.2, 0) is 19.2 Å². The van der Waals surface area contributed by atoms with Gasteiger partial charge >= 0.3 is 5.97 Å². The van der Waals surface area contributed by atoms with Gasteiger partial charge in [0.15, 0.2) is 0 Å². The van der Waals surface area contributed by atoms with Gasteiger partial charge in [-0.05, 0) is 30.3 Å². The second kappa shape index (κ2) is 14.5. The molecule has 30 heavy (non-hydrogen) atoms. The van der Waals surface area contributed by atoms with Crippen molar-refractivity contribution in [2.75, 3.05) is 17.8 Å². The minimum absolute atomic E-state index is 0.0287. The van der Waals surface area contributed by atoms with Crippen LogP contribution in [0.15, 0.2) is 0 Å². The fraction of sp³-hybridized carbons (Fsp3) is 0.789. The summed E-state index contributed by atoms with van der Waals surface area (Å²) in [6.45, 7) is 7.15. The highest BCUT2D eigenvalue weighted by Crippen LogP contribution is 2.09. The van der Waals surface area contributed by atoms with Crippen molar-refractivity contribution in [3.63, 3.8) is 0 Å². The van der Waals surface area contributed by atoms with Crippen LogP contribution in [0.25, 0.3) is 0 Å². The Bertz CT molecular complexity index is 591. The first-order valence-electron chi connectivity index (χ1n) is 9.99. The van der Waals surface area contributed by atoms with E-state index < -0.39 is 47.9 Å². The van der Waals surface area contributed by atoms with Crippen LogP contribution >= 0.6 is 24.4 Å². The van der Waals surface area contributed by atoms with Gasteiger partial charge in [0.05, 0.1) is 6.04 Å². The molecule has 0 bridgehead atoms. The summed E-state index contributed by atoms with van der Waals surface area (Å²) in [4.78, 5) is 49.1. The van der Waals surface area contributed by atoms with Crippen LogP contribution in [0.2, 0.25) is 0 Å². The predicted octanol–water partition coefficient (Wildman–Crippen LogP) is 0.238. The molecule has 0 aliphatic carbocycles. The van der Waals surface area contributed by atoms with Gasteiger partial charge in [-0.1, -0.05) is 34.1 Å². The molecule has 9 nitrogen and oxygen atoms in total. The Kier molecular flexibility index (Phi) is 13.8. The van der Waals surface area contributed by atoms with E-state index in [2.05, 4.69) is 28.6 Å². The monoisotopic (exact) mass is 464 g/mol. The van der Waals surface area contributed by atoms with Crippen LogP contribution < -0.4 is 21.7 Å². The van der Waals surface area contributed by atoms with Crippen LogP contribution in [-0.4, -0.2) is 70.7 Å². The molecular formula is C19H36N4O5S2. The lowest BCUT2D eigenvalue weighted by Crippen LogP contribution is -2.58. The van der Waals surface area contributed by atoms with Gasteiger partial charge in [0.2, 0.25) is 17.7 Å². The smallest absolute Gasteiger partial charge is 0.326 e. The van der Waals surface area contributed by atoms with E-state index in [9.17, 15) is 24.3 Å². The lowest BCUT2D eigenvalue weighted by Gasteiger charge is -2.26. The number of carbonyl (C=O) groups is 4. The van der Waals surface area contributed by atoms with Gasteiger partial charge in [-0.25, -0.2) is 4.79 Å². The number of carboxylic acid groups (broad SMARTS) is 1. The minimum Gasteiger partial charge on any atom is -0.480 e. The molecule has 0 radical (unpaired) electrons. The van der Waals surface area contributed by atoms with E-state index in [1.165, 1.54) is 11.8 Å². The van der Waals surface area contributed by atoms with Crippen molar-refractivity contribution < 1.29 is 24.3 Å². The SMILES string of the molecule is CCC(C)C(NC(=O)C(CS)NC(=O)C(CCSC)NC(=O)C(N)C(C)C)C(=O)O. The van der Waals surface area contributed by atoms with Crippen LogP contribution in [0, 0.1) is 11.8 Å². The zero-order valence-corrected chi connectivity index (χ0v) is 20.0. The van der Waals surface area contributed by atoms with Gasteiger partial charge in [0, 0.05) is 5.75 Å². The number of hydrogen-bond acceptors (Lipinski definition) is 7. The van der Waals surface area contributed by atoms with Gasteiger partial charge in [0.25, 0.3) is 0 Å². The highest BCUT2D eigenvalue weighted by Gasteiger charge is 2.31. The summed E-state index contributed by atoms with van der Waals surface area (Å²) in [5.74, 6) is -2.57. The first-order valence-corrected chi connectivity index (χ1v) is 12.0. The van der Waals surface area contributed by atoms with Crippen molar-refractivity contribution in [3.8, 4) is 0 Å². The fourth-order valence-corrected chi connectivity index (χ4v) is 3.21. The topological polar surface area (TPSA) is 151 Å². The third-order valence-electron chi connectivity index (χ3n) is 4.86. The number of aliphatic carboxylic acids is 1. The number of amides is 3. The largest absolute Gasteiger partial charge is 0.480 e. The summed E-state index contributed by atoms with van der Waals surface area (Å²) in [6.07, 6.45) is 2.80. The van der Waals surface area contributed by atoms with Crippen molar-refractivity contribution in [1.82, 2.24) is 16.0 Å². The van der Waals surface area contributed by atoms with E-state index in [1.807, 2.05) is 13.2 Å². The molecule has 0 aromatic carbocycles. The van der Waals surface area contributed by atoms with Crippen molar-refractivity contribution >= 4 is 48.1 Å². The van der Waals surface area contributed by atoms with E-state index in [4.69, 9.17) is 5.73 Å². The maximum Gasteiger partial charge on any atom is 0.326 e. The van der Waals surface area contributed by atoms with E-state index in [0.717, 1.165) is 0 Å². The molecule has 0 heterocycles. The second-order valence-corrected chi connectivity index (χ2v) is 8.92. The molecule has 6 N–H and O–H groups in total. The molecule has 3 amide bonds. The van der Waals surface area contributed by atoms with Gasteiger partial charge < -0.3 is 26.8 Å². The normalized spacial score (nSPS) is 16.1. The van der Waals surface area contributed by atoms with Crippen molar-refractivity contribution in [2.24, 2.45) is 17.6 Å². The van der Waals surface area contributed by atoms with E-state index in [-0.39, 0.29) is 17.6 Å². The fourth-order valence-electron chi connectivity index (χ4n) is 2.48. The van der Waals surface area contributed by atoms with Crippen molar-refractivity contribution in [2.45, 2.75) is 64.7 Å². The van der Waals surface area contributed by atoms with Crippen molar-refractivity contribution in [1.29, 1.82) is 0 Å². The average Bonchev–Trinajstić information content (AvgIpc) is 2.70. The summed E-state index contributed by atoms with van der Waals surface area (Å²) in [5.41, 5.74) is 5.86. The number of thioether (sulfide) groups is 1. The van der Waals surface area contributed by atoms with Gasteiger partial charge in [-0.3, -0.25) is 14.4 Å². The van der Waals surface area contributed by atoms with Crippen LogP contribution in [0.1, 0.15) is 40.5 Å². The molecule has 11 heteroatoms. The maximum absolute atomic E-state index is 12.8. The standard InChI is InChI=1S/C19H36N4O5S2/c1-6-11(4)15(19(27)28)23-17(25)13(9-29)22-16(24)12(7-8-30-5)21-18(26)14(20)10(2)3/h10-15,29H,6-9,20H2,1-5H3,(H,21,26)(H,22,24)(H,23,25)(H,27,28). The number of carboxylic acids is 1. The van der Waals surface area contributed by atoms with Crippen LogP contribution in [0.4, 0.5) is 0 Å². The maximum atomic E-state index is 12.8. The predicted molar refractivity (Wildman–Crippen MR) is 123 cm³/mol. The zero-order valence-electron chi connectivity index (χ0n) is 18.3. The Morgan fingerprint density at radius 1 is 1.00 bits per heavy atom. The molecule has 0 aromatic heterocycles. The first kappa shape index (κ1) is 28.5. The summed E-state index contributed by atoms with van der Waals surface area (Å²) >= 11 is 5.63. The molecule has 0 spiro atoms. The van der Waals surface area contributed by atoms with Crippen molar-refractivity contribution in [3.05, 3.63) is 0 Å². The summed E-state index contributed by atoms with van der Waals surface area (Å²) < 4.78 is 0. The lowest BCUT2D eigenvalue weighted by atomic mass is 9.99. The molecule has 0 rings (SSSR count). The molecule has 5 atom stereocenters. The van der Waals surface area contributed by atoms with Gasteiger partial charge in [-0.2, -0.15) is 24.4 Å². The Labute approximate surface area is 188 Å². The number of hydrogen-bond donors (Lipinski definition) is 6. The second-order valence-electron chi connectivity index (χ2n) is 7.57. The van der Waals surface area contributed by atoms with Gasteiger partial charge in [-0.15, -0.1) is 0 Å². The summed E-state index contributed by atoms with van der Waals surface area (Å²) in [6, 6.07) is -3.74. The Balaban J connectivity index is 5.24. The van der Waals surface area contributed by atoms with E-state index in [1.54, 1.807) is 20.8 Å². The molecule has 0 aliphatic rings. The Morgan fingerprint density at radius 3 is 1.97 bits per heavy atom. The molecule has 0 aliphatic heterocycles. The highest BCUT2D eigenvalue weighted by molar-refractivity contribution is 7.98. The summed E-state index contributed by atoms with van der Waals surface area (Å²) in [5, 5.41) is 17.0. The Hall–Kier alpha value is -1.46. The first-order chi connectivity index (χ1) is 14.0. The lowest BCUT2D eigenvalue weighted by molar-refractivity contribution is -0.143. The molecule has 0 aromatic rings. The van der Waals surface area contributed by atoms with Crippen LogP contribution in [0.3, 0.4) is 0 Å². The molecule has 5 unspecified atom stereocenters. The number of rotatable bonds is 14.